The normalized spacial score (nSPS) is 11.4. The fourth-order valence-corrected chi connectivity index (χ4v) is 0.628. The summed E-state index contributed by atoms with van der Waals surface area (Å²) < 4.78 is 50.3. The second-order valence-electron chi connectivity index (χ2n) is 2.05. The van der Waals surface area contributed by atoms with Crippen molar-refractivity contribution >= 4 is 0 Å². The molecule has 1 heterocycles. The molecule has 0 spiro atoms. The summed E-state index contributed by atoms with van der Waals surface area (Å²) in [5.41, 5.74) is -0.874. The van der Waals surface area contributed by atoms with Gasteiger partial charge in [-0.1, -0.05) is 0 Å². The highest BCUT2D eigenvalue weighted by molar-refractivity contribution is 5.13. The zero-order chi connectivity index (χ0) is 10.1. The fraction of sp³-hybridized carbons (Fsp3) is 0.167. The largest absolute Gasteiger partial charge is 0.574 e. The minimum Gasteiger partial charge on any atom is -0.387 e. The van der Waals surface area contributed by atoms with Gasteiger partial charge in [-0.2, -0.15) is 0 Å². The second kappa shape index (κ2) is 3.08. The summed E-state index contributed by atoms with van der Waals surface area (Å²) in [7, 11) is 0. The van der Waals surface area contributed by atoms with Crippen LogP contribution in [-0.2, 0) is 0 Å². The molecule has 0 radical (unpaired) electrons. The monoisotopic (exact) mass is 197 g/mol. The van der Waals surface area contributed by atoms with Gasteiger partial charge in [-0.15, -0.1) is 13.2 Å². The van der Waals surface area contributed by atoms with Gasteiger partial charge >= 0.3 is 6.36 Å². The predicted octanol–water partition coefficient (Wildman–Crippen LogP) is 1.41. The minimum atomic E-state index is -5.02. The first-order valence-electron chi connectivity index (χ1n) is 3.03. The van der Waals surface area contributed by atoms with E-state index in [-0.39, 0.29) is 0 Å². The molecule has 0 fully saturated rings. The van der Waals surface area contributed by atoms with Crippen LogP contribution in [-0.4, -0.2) is 11.3 Å². The zero-order valence-electron chi connectivity index (χ0n) is 5.98. The molecule has 0 atom stereocenters. The molecule has 0 aliphatic rings. The Labute approximate surface area is 69.0 Å². The summed E-state index contributed by atoms with van der Waals surface area (Å²) in [5, 5.41) is 0. The number of pyridine rings is 1. The SMILES string of the molecule is O=c1ccc(F)c(OC(F)(F)F)[nH]1. The van der Waals surface area contributed by atoms with Crippen LogP contribution in [0.1, 0.15) is 0 Å². The summed E-state index contributed by atoms with van der Waals surface area (Å²) in [6.45, 7) is 0. The molecule has 3 nitrogen and oxygen atoms in total. The Bertz CT molecular complexity index is 356. The molecule has 1 rings (SSSR count). The summed E-state index contributed by atoms with van der Waals surface area (Å²) in [6.07, 6.45) is -5.02. The molecule has 0 saturated heterocycles. The van der Waals surface area contributed by atoms with Gasteiger partial charge in [0.25, 0.3) is 5.56 Å². The van der Waals surface area contributed by atoms with Gasteiger partial charge in [-0.05, 0) is 6.07 Å². The van der Waals surface area contributed by atoms with Crippen molar-refractivity contribution in [2.24, 2.45) is 0 Å². The lowest BCUT2D eigenvalue weighted by molar-refractivity contribution is -0.277. The number of alkyl halides is 3. The van der Waals surface area contributed by atoms with Crippen molar-refractivity contribution in [3.05, 3.63) is 28.3 Å². The lowest BCUT2D eigenvalue weighted by Crippen LogP contribution is -2.20. The van der Waals surface area contributed by atoms with Crippen molar-refractivity contribution in [1.82, 2.24) is 4.98 Å². The van der Waals surface area contributed by atoms with E-state index in [9.17, 15) is 22.4 Å². The highest BCUT2D eigenvalue weighted by atomic mass is 19.4. The Morgan fingerprint density at radius 1 is 1.31 bits per heavy atom. The van der Waals surface area contributed by atoms with E-state index in [1.165, 1.54) is 0 Å². The summed E-state index contributed by atoms with van der Waals surface area (Å²) in [6, 6.07) is 1.33. The van der Waals surface area contributed by atoms with Crippen LogP contribution >= 0.6 is 0 Å². The molecule has 1 N–H and O–H groups in total. The smallest absolute Gasteiger partial charge is 0.387 e. The van der Waals surface area contributed by atoms with E-state index >= 15 is 0 Å². The van der Waals surface area contributed by atoms with Crippen LogP contribution in [0.2, 0.25) is 0 Å². The highest BCUT2D eigenvalue weighted by Crippen LogP contribution is 2.21. The van der Waals surface area contributed by atoms with Gasteiger partial charge in [0.05, 0.1) is 0 Å². The topological polar surface area (TPSA) is 42.1 Å². The molecule has 0 saturated carbocycles. The van der Waals surface area contributed by atoms with Gasteiger partial charge in [0, 0.05) is 6.07 Å². The third-order valence-electron chi connectivity index (χ3n) is 1.05. The average molecular weight is 197 g/mol. The number of aromatic amines is 1. The Morgan fingerprint density at radius 2 is 1.92 bits per heavy atom. The van der Waals surface area contributed by atoms with Gasteiger partial charge in [0.2, 0.25) is 5.88 Å². The predicted molar refractivity (Wildman–Crippen MR) is 33.7 cm³/mol. The number of halogens is 4. The molecule has 13 heavy (non-hydrogen) atoms. The number of H-pyrrole nitrogens is 1. The van der Waals surface area contributed by atoms with Crippen molar-refractivity contribution in [3.8, 4) is 5.88 Å². The molecule has 1 aromatic heterocycles. The summed E-state index contributed by atoms with van der Waals surface area (Å²) >= 11 is 0. The van der Waals surface area contributed by atoms with Crippen molar-refractivity contribution in [3.63, 3.8) is 0 Å². The Hall–Kier alpha value is -1.53. The van der Waals surface area contributed by atoms with Crippen LogP contribution in [0.5, 0.6) is 5.88 Å². The van der Waals surface area contributed by atoms with Gasteiger partial charge in [-0.25, -0.2) is 4.39 Å². The maximum Gasteiger partial charge on any atom is 0.574 e. The molecule has 1 aromatic rings. The van der Waals surface area contributed by atoms with E-state index in [0.717, 1.165) is 6.07 Å². The number of ether oxygens (including phenoxy) is 1. The third-order valence-corrected chi connectivity index (χ3v) is 1.05. The average Bonchev–Trinajstić information content (AvgIpc) is 1.94. The molecule has 0 amide bonds. The van der Waals surface area contributed by atoms with Crippen molar-refractivity contribution < 1.29 is 22.3 Å². The van der Waals surface area contributed by atoms with Crippen LogP contribution in [0.3, 0.4) is 0 Å². The lowest BCUT2D eigenvalue weighted by atomic mass is 10.4. The summed E-state index contributed by atoms with van der Waals surface area (Å²) in [5.74, 6) is -2.52. The van der Waals surface area contributed by atoms with Gasteiger partial charge in [-0.3, -0.25) is 9.78 Å². The Kier molecular flexibility index (Phi) is 2.26. The van der Waals surface area contributed by atoms with Gasteiger partial charge in [0.15, 0.2) is 5.82 Å². The molecule has 0 unspecified atom stereocenters. The van der Waals surface area contributed by atoms with E-state index < -0.39 is 23.6 Å². The number of hydrogen-bond acceptors (Lipinski definition) is 2. The maximum atomic E-state index is 12.5. The first-order chi connectivity index (χ1) is 5.88. The first kappa shape index (κ1) is 9.56. The highest BCUT2D eigenvalue weighted by Gasteiger charge is 2.32. The molecule has 0 bridgehead atoms. The molecule has 0 aliphatic carbocycles. The molecular formula is C6H3F4NO2. The maximum absolute atomic E-state index is 12.5. The molecule has 0 aliphatic heterocycles. The van der Waals surface area contributed by atoms with E-state index in [1.54, 1.807) is 4.98 Å². The molecule has 0 aromatic carbocycles. The van der Waals surface area contributed by atoms with Crippen LogP contribution in [0, 0.1) is 5.82 Å². The van der Waals surface area contributed by atoms with Crippen molar-refractivity contribution in [2.45, 2.75) is 6.36 Å². The first-order valence-corrected chi connectivity index (χ1v) is 3.03. The number of rotatable bonds is 1. The molecular weight excluding hydrogens is 194 g/mol. The number of aromatic nitrogens is 1. The van der Waals surface area contributed by atoms with E-state index in [1.807, 2.05) is 0 Å². The van der Waals surface area contributed by atoms with Crippen LogP contribution < -0.4 is 10.3 Å². The van der Waals surface area contributed by atoms with Crippen molar-refractivity contribution in [2.75, 3.05) is 0 Å². The van der Waals surface area contributed by atoms with E-state index in [2.05, 4.69) is 4.74 Å². The van der Waals surface area contributed by atoms with Crippen molar-refractivity contribution in [1.29, 1.82) is 0 Å². The Morgan fingerprint density at radius 3 is 2.46 bits per heavy atom. The fourth-order valence-electron chi connectivity index (χ4n) is 0.628. The van der Waals surface area contributed by atoms with Crippen LogP contribution in [0.15, 0.2) is 16.9 Å². The van der Waals surface area contributed by atoms with E-state index in [0.29, 0.717) is 6.07 Å². The Balaban J connectivity index is 3.01. The lowest BCUT2D eigenvalue weighted by Gasteiger charge is -2.07. The van der Waals surface area contributed by atoms with Gasteiger partial charge in [0.1, 0.15) is 0 Å². The minimum absolute atomic E-state index is 0.583. The quantitative estimate of drug-likeness (QED) is 0.691. The van der Waals surface area contributed by atoms with E-state index in [4.69, 9.17) is 0 Å². The van der Waals surface area contributed by atoms with Gasteiger partial charge < -0.3 is 4.74 Å². The van der Waals surface area contributed by atoms with Crippen LogP contribution in [0.25, 0.3) is 0 Å². The number of nitrogens with one attached hydrogen (secondary N) is 1. The standard InChI is InChI=1S/C6H3F4NO2/c7-3-1-2-4(12)11-5(3)13-6(8,9)10/h1-2H,(H,11,12). The second-order valence-corrected chi connectivity index (χ2v) is 2.05. The molecule has 7 heteroatoms. The molecule has 72 valence electrons. The third kappa shape index (κ3) is 2.77. The van der Waals surface area contributed by atoms with Crippen LogP contribution in [0.4, 0.5) is 17.6 Å². The summed E-state index contributed by atoms with van der Waals surface area (Å²) in [4.78, 5) is 12.0. The zero-order valence-corrected chi connectivity index (χ0v) is 5.98. The number of hydrogen-bond donors (Lipinski definition) is 1.